The molecule has 0 amide bonds. The minimum absolute atomic E-state index is 0.254. The fourth-order valence-electron chi connectivity index (χ4n) is 3.03. The monoisotopic (exact) mass is 303 g/mol. The van der Waals surface area contributed by atoms with Crippen LogP contribution in [0.5, 0.6) is 0 Å². The zero-order chi connectivity index (χ0) is 15.8. The topological polar surface area (TPSA) is 30.7 Å². The minimum Gasteiger partial charge on any atom is -0.342 e. The summed E-state index contributed by atoms with van der Waals surface area (Å²) in [5.41, 5.74) is 5.67. The van der Waals surface area contributed by atoms with Gasteiger partial charge < -0.3 is 4.57 Å². The van der Waals surface area contributed by atoms with E-state index in [4.69, 9.17) is 0 Å². The molecule has 3 nitrogen and oxygen atoms in total. The molecular formula is C19H14FN3. The highest BCUT2D eigenvalue weighted by molar-refractivity contribution is 6.02. The van der Waals surface area contributed by atoms with Crippen LogP contribution in [0, 0.1) is 5.82 Å². The first-order valence-electron chi connectivity index (χ1n) is 7.35. The second-order valence-electron chi connectivity index (χ2n) is 5.40. The van der Waals surface area contributed by atoms with E-state index in [1.54, 1.807) is 30.7 Å². The van der Waals surface area contributed by atoms with Crippen LogP contribution in [0.3, 0.4) is 0 Å². The first-order chi connectivity index (χ1) is 11.3. The Morgan fingerprint density at radius 1 is 0.913 bits per heavy atom. The Labute approximate surface area is 133 Å². The minimum atomic E-state index is -0.254. The summed E-state index contributed by atoms with van der Waals surface area (Å²) < 4.78 is 15.9. The lowest BCUT2D eigenvalue weighted by atomic mass is 10.0. The van der Waals surface area contributed by atoms with E-state index in [-0.39, 0.29) is 5.82 Å². The third-order valence-electron chi connectivity index (χ3n) is 4.02. The second-order valence-corrected chi connectivity index (χ2v) is 5.40. The van der Waals surface area contributed by atoms with Crippen LogP contribution in [0.15, 0.2) is 67.1 Å². The Bertz CT molecular complexity index is 990. The Kier molecular flexibility index (Phi) is 3.15. The first kappa shape index (κ1) is 13.6. The van der Waals surface area contributed by atoms with E-state index in [9.17, 15) is 4.39 Å². The zero-order valence-electron chi connectivity index (χ0n) is 12.6. The van der Waals surface area contributed by atoms with Gasteiger partial charge in [-0.3, -0.25) is 9.97 Å². The van der Waals surface area contributed by atoms with Gasteiger partial charge in [-0.1, -0.05) is 12.1 Å². The van der Waals surface area contributed by atoms with Gasteiger partial charge in [-0.05, 0) is 42.0 Å². The molecule has 23 heavy (non-hydrogen) atoms. The van der Waals surface area contributed by atoms with Crippen molar-refractivity contribution in [3.8, 4) is 22.4 Å². The molecule has 0 saturated carbocycles. The molecule has 0 aliphatic carbocycles. The van der Waals surface area contributed by atoms with Crippen molar-refractivity contribution in [1.29, 1.82) is 0 Å². The lowest BCUT2D eigenvalue weighted by molar-refractivity contribution is 0.628. The summed E-state index contributed by atoms with van der Waals surface area (Å²) >= 11 is 0. The number of hydrogen-bond donors (Lipinski definition) is 0. The van der Waals surface area contributed by atoms with Gasteiger partial charge in [0, 0.05) is 36.8 Å². The van der Waals surface area contributed by atoms with Gasteiger partial charge >= 0.3 is 0 Å². The smallest absolute Gasteiger partial charge is 0.123 e. The summed E-state index contributed by atoms with van der Waals surface area (Å²) in [6.07, 6.45) is 5.28. The summed E-state index contributed by atoms with van der Waals surface area (Å²) in [6.45, 7) is 0. The summed E-state index contributed by atoms with van der Waals surface area (Å²) in [4.78, 5) is 8.62. The number of fused-ring (bicyclic) bond motifs is 1. The molecule has 0 spiro atoms. The van der Waals surface area contributed by atoms with Crippen molar-refractivity contribution < 1.29 is 4.39 Å². The fourth-order valence-corrected chi connectivity index (χ4v) is 3.03. The van der Waals surface area contributed by atoms with Crippen molar-refractivity contribution in [2.24, 2.45) is 7.05 Å². The Balaban J connectivity index is 2.13. The van der Waals surface area contributed by atoms with Crippen LogP contribution in [0.2, 0.25) is 0 Å². The Morgan fingerprint density at radius 3 is 2.52 bits per heavy atom. The number of hydrogen-bond acceptors (Lipinski definition) is 2. The molecule has 0 radical (unpaired) electrons. The van der Waals surface area contributed by atoms with Crippen molar-refractivity contribution in [1.82, 2.24) is 14.5 Å². The predicted molar refractivity (Wildman–Crippen MR) is 89.3 cm³/mol. The SMILES string of the molecule is Cn1c(-c2ccncc2)c(-c2cccc(F)c2)c2ncccc21. The number of benzene rings is 1. The number of aryl methyl sites for hydroxylation is 1. The molecule has 3 aromatic heterocycles. The average molecular weight is 303 g/mol. The van der Waals surface area contributed by atoms with Gasteiger partial charge in [-0.2, -0.15) is 0 Å². The molecule has 3 heterocycles. The van der Waals surface area contributed by atoms with Crippen LogP contribution in [-0.4, -0.2) is 14.5 Å². The van der Waals surface area contributed by atoms with E-state index < -0.39 is 0 Å². The molecule has 1 aromatic carbocycles. The van der Waals surface area contributed by atoms with Crippen LogP contribution in [-0.2, 0) is 7.05 Å². The molecular weight excluding hydrogens is 289 g/mol. The maximum atomic E-state index is 13.8. The van der Waals surface area contributed by atoms with Crippen LogP contribution < -0.4 is 0 Å². The van der Waals surface area contributed by atoms with Crippen LogP contribution in [0.4, 0.5) is 4.39 Å². The lowest BCUT2D eigenvalue weighted by Crippen LogP contribution is -1.93. The first-order valence-corrected chi connectivity index (χ1v) is 7.35. The number of aromatic nitrogens is 3. The molecule has 0 atom stereocenters. The van der Waals surface area contributed by atoms with Gasteiger partial charge in [0.25, 0.3) is 0 Å². The van der Waals surface area contributed by atoms with E-state index in [1.165, 1.54) is 6.07 Å². The lowest BCUT2D eigenvalue weighted by Gasteiger charge is -2.08. The van der Waals surface area contributed by atoms with Crippen molar-refractivity contribution >= 4 is 11.0 Å². The van der Waals surface area contributed by atoms with Gasteiger partial charge in [0.15, 0.2) is 0 Å². The Morgan fingerprint density at radius 2 is 1.74 bits per heavy atom. The molecule has 0 unspecified atom stereocenters. The van der Waals surface area contributed by atoms with E-state index in [0.717, 1.165) is 33.4 Å². The van der Waals surface area contributed by atoms with E-state index >= 15 is 0 Å². The number of nitrogens with zero attached hydrogens (tertiary/aromatic N) is 3. The third kappa shape index (κ3) is 2.19. The molecule has 0 bridgehead atoms. The highest BCUT2D eigenvalue weighted by Gasteiger charge is 2.19. The van der Waals surface area contributed by atoms with Crippen molar-refractivity contribution in [2.45, 2.75) is 0 Å². The summed E-state index contributed by atoms with van der Waals surface area (Å²) in [6, 6.07) is 14.5. The molecule has 0 fully saturated rings. The molecule has 0 aliphatic heterocycles. The molecule has 4 aromatic rings. The predicted octanol–water partition coefficient (Wildman–Crippen LogP) is 4.44. The molecule has 0 aliphatic rings. The number of pyridine rings is 2. The summed E-state index contributed by atoms with van der Waals surface area (Å²) in [5, 5.41) is 0. The van der Waals surface area contributed by atoms with Crippen LogP contribution in [0.1, 0.15) is 0 Å². The maximum absolute atomic E-state index is 13.8. The van der Waals surface area contributed by atoms with Gasteiger partial charge in [0.1, 0.15) is 5.82 Å². The molecule has 4 rings (SSSR count). The molecule has 0 N–H and O–H groups in total. The van der Waals surface area contributed by atoms with Crippen molar-refractivity contribution in [3.63, 3.8) is 0 Å². The van der Waals surface area contributed by atoms with Crippen molar-refractivity contribution in [3.05, 3.63) is 72.9 Å². The van der Waals surface area contributed by atoms with E-state index in [2.05, 4.69) is 14.5 Å². The highest BCUT2D eigenvalue weighted by atomic mass is 19.1. The Hall–Kier alpha value is -3.01. The second kappa shape index (κ2) is 5.32. The van der Waals surface area contributed by atoms with Crippen LogP contribution in [0.25, 0.3) is 33.4 Å². The average Bonchev–Trinajstić information content (AvgIpc) is 2.89. The van der Waals surface area contributed by atoms with Crippen molar-refractivity contribution in [2.75, 3.05) is 0 Å². The number of halogens is 1. The molecule has 0 saturated heterocycles. The molecule has 4 heteroatoms. The van der Waals surface area contributed by atoms with Gasteiger partial charge in [0.05, 0.1) is 16.7 Å². The number of rotatable bonds is 2. The van der Waals surface area contributed by atoms with E-state index in [1.807, 2.05) is 37.4 Å². The summed E-state index contributed by atoms with van der Waals surface area (Å²) in [7, 11) is 2.00. The standard InChI is InChI=1S/C19H14FN3/c1-23-16-6-3-9-22-18(16)17(14-4-2-5-15(20)12-14)19(23)13-7-10-21-11-8-13/h2-12H,1H3. The highest BCUT2D eigenvalue weighted by Crippen LogP contribution is 2.39. The largest absolute Gasteiger partial charge is 0.342 e. The zero-order valence-corrected chi connectivity index (χ0v) is 12.6. The molecule has 112 valence electrons. The third-order valence-corrected chi connectivity index (χ3v) is 4.02. The fraction of sp³-hybridized carbons (Fsp3) is 0.0526. The van der Waals surface area contributed by atoms with Gasteiger partial charge in [-0.15, -0.1) is 0 Å². The quantitative estimate of drug-likeness (QED) is 0.548. The normalized spacial score (nSPS) is 11.0. The van der Waals surface area contributed by atoms with Gasteiger partial charge in [0.2, 0.25) is 0 Å². The summed E-state index contributed by atoms with van der Waals surface area (Å²) in [5.74, 6) is -0.254. The van der Waals surface area contributed by atoms with E-state index in [0.29, 0.717) is 0 Å². The van der Waals surface area contributed by atoms with Crippen LogP contribution >= 0.6 is 0 Å². The maximum Gasteiger partial charge on any atom is 0.123 e. The van der Waals surface area contributed by atoms with Gasteiger partial charge in [-0.25, -0.2) is 4.39 Å².